The highest BCUT2D eigenvalue weighted by atomic mass is 35.5. The Morgan fingerprint density at radius 1 is 1.28 bits per heavy atom. The van der Waals surface area contributed by atoms with Gasteiger partial charge in [0.15, 0.2) is 0 Å². The second-order valence-electron chi connectivity index (χ2n) is 6.82. The molecular weight excluding hydrogens is 362 g/mol. The van der Waals surface area contributed by atoms with E-state index < -0.39 is 10.0 Å². The second-order valence-corrected chi connectivity index (χ2v) is 8.59. The molecule has 142 valence electrons. The zero-order valence-corrected chi connectivity index (χ0v) is 16.5. The van der Waals surface area contributed by atoms with Crippen molar-refractivity contribution >= 4 is 28.3 Å². The van der Waals surface area contributed by atoms with E-state index in [1.165, 1.54) is 12.1 Å². The Labute approximate surface area is 156 Å². The molecule has 0 saturated carbocycles. The van der Waals surface area contributed by atoms with E-state index in [1.807, 2.05) is 13.8 Å². The quantitative estimate of drug-likeness (QED) is 0.692. The van der Waals surface area contributed by atoms with Crippen LogP contribution in [0.5, 0.6) is 0 Å². The van der Waals surface area contributed by atoms with Crippen molar-refractivity contribution in [3.05, 3.63) is 29.8 Å². The Balaban J connectivity index is 0.00000312. The number of halogens is 1. The van der Waals surface area contributed by atoms with Crippen molar-refractivity contribution in [2.45, 2.75) is 38.1 Å². The van der Waals surface area contributed by atoms with Crippen LogP contribution in [-0.4, -0.2) is 40.0 Å². The predicted octanol–water partition coefficient (Wildman–Crippen LogP) is 1.77. The molecule has 25 heavy (non-hydrogen) atoms. The molecule has 2 rings (SSSR count). The summed E-state index contributed by atoms with van der Waals surface area (Å²) in [5.74, 6) is 0.451. The number of hydrogen-bond acceptors (Lipinski definition) is 4. The van der Waals surface area contributed by atoms with Gasteiger partial charge in [-0.3, -0.25) is 4.79 Å². The summed E-state index contributed by atoms with van der Waals surface area (Å²) < 4.78 is 26.9. The Bertz CT molecular complexity index is 662. The molecule has 0 aliphatic carbocycles. The Morgan fingerprint density at radius 2 is 1.92 bits per heavy atom. The maximum atomic E-state index is 12.3. The fraction of sp³-hybridized carbons (Fsp3) is 0.588. The Morgan fingerprint density at radius 3 is 2.48 bits per heavy atom. The Hall–Kier alpha value is -1.15. The normalized spacial score (nSPS) is 20.8. The van der Waals surface area contributed by atoms with Gasteiger partial charge in [0, 0.05) is 18.2 Å². The molecule has 1 amide bonds. The highest BCUT2D eigenvalue weighted by Gasteiger charge is 2.23. The molecule has 0 bridgehead atoms. The summed E-state index contributed by atoms with van der Waals surface area (Å²) in [5.41, 5.74) is 0.476. The topological polar surface area (TPSA) is 87.3 Å². The molecule has 2 unspecified atom stereocenters. The van der Waals surface area contributed by atoms with Gasteiger partial charge in [-0.15, -0.1) is 12.4 Å². The smallest absolute Gasteiger partial charge is 0.251 e. The van der Waals surface area contributed by atoms with E-state index in [0.29, 0.717) is 18.0 Å². The summed E-state index contributed by atoms with van der Waals surface area (Å²) in [4.78, 5) is 12.5. The molecule has 0 spiro atoms. The largest absolute Gasteiger partial charge is 0.349 e. The number of nitrogens with one attached hydrogen (secondary N) is 3. The molecule has 0 aromatic heterocycles. The van der Waals surface area contributed by atoms with Gasteiger partial charge in [0.25, 0.3) is 5.91 Å². The van der Waals surface area contributed by atoms with Crippen LogP contribution in [0.15, 0.2) is 29.2 Å². The molecule has 1 aromatic rings. The fourth-order valence-electron chi connectivity index (χ4n) is 2.63. The number of rotatable bonds is 6. The molecule has 0 radical (unpaired) electrons. The molecule has 6 nitrogen and oxygen atoms in total. The molecule has 1 aromatic carbocycles. The van der Waals surface area contributed by atoms with E-state index in [0.717, 1.165) is 19.5 Å². The van der Waals surface area contributed by atoms with E-state index in [2.05, 4.69) is 22.3 Å². The van der Waals surface area contributed by atoms with Gasteiger partial charge in [-0.25, -0.2) is 13.1 Å². The van der Waals surface area contributed by atoms with Crippen LogP contribution in [0.1, 0.15) is 37.6 Å². The summed E-state index contributed by atoms with van der Waals surface area (Å²) >= 11 is 0. The van der Waals surface area contributed by atoms with Crippen molar-refractivity contribution in [1.29, 1.82) is 0 Å². The van der Waals surface area contributed by atoms with E-state index in [9.17, 15) is 13.2 Å². The summed E-state index contributed by atoms with van der Waals surface area (Å²) in [6.07, 6.45) is 0.901. The third-order valence-electron chi connectivity index (χ3n) is 4.21. The number of hydrogen-bond donors (Lipinski definition) is 3. The van der Waals surface area contributed by atoms with Crippen molar-refractivity contribution in [3.63, 3.8) is 0 Å². The van der Waals surface area contributed by atoms with E-state index in [-0.39, 0.29) is 35.2 Å². The second kappa shape index (κ2) is 9.52. The molecule has 8 heteroatoms. The average molecular weight is 390 g/mol. The number of amides is 1. The number of carbonyl (C=O) groups is 1. The van der Waals surface area contributed by atoms with Crippen molar-refractivity contribution < 1.29 is 13.2 Å². The molecule has 2 atom stereocenters. The highest BCUT2D eigenvalue weighted by molar-refractivity contribution is 7.89. The zero-order chi connectivity index (χ0) is 17.7. The summed E-state index contributed by atoms with van der Waals surface area (Å²) in [6, 6.07) is 6.22. The lowest BCUT2D eigenvalue weighted by atomic mass is 9.95. The van der Waals surface area contributed by atoms with E-state index in [1.54, 1.807) is 12.1 Å². The van der Waals surface area contributed by atoms with Crippen molar-refractivity contribution in [1.82, 2.24) is 15.4 Å². The van der Waals surface area contributed by atoms with Gasteiger partial charge in [0.2, 0.25) is 10.0 Å². The monoisotopic (exact) mass is 389 g/mol. The van der Waals surface area contributed by atoms with E-state index >= 15 is 0 Å². The number of carbonyl (C=O) groups excluding carboxylic acids is 1. The van der Waals surface area contributed by atoms with Crippen LogP contribution in [-0.2, 0) is 10.0 Å². The van der Waals surface area contributed by atoms with Crippen LogP contribution in [0.3, 0.4) is 0 Å². The van der Waals surface area contributed by atoms with Gasteiger partial charge < -0.3 is 10.6 Å². The van der Waals surface area contributed by atoms with Gasteiger partial charge in [0.05, 0.1) is 4.90 Å². The zero-order valence-electron chi connectivity index (χ0n) is 14.9. The fourth-order valence-corrected chi connectivity index (χ4v) is 3.84. The van der Waals surface area contributed by atoms with Gasteiger partial charge in [-0.05, 0) is 55.6 Å². The van der Waals surface area contributed by atoms with E-state index in [4.69, 9.17) is 0 Å². The van der Waals surface area contributed by atoms with Gasteiger partial charge in [-0.1, -0.05) is 20.8 Å². The van der Waals surface area contributed by atoms with Crippen LogP contribution in [0.25, 0.3) is 0 Å². The van der Waals surface area contributed by atoms with Crippen LogP contribution in [0.2, 0.25) is 0 Å². The number of sulfonamides is 1. The average Bonchev–Trinajstić information content (AvgIpc) is 2.55. The predicted molar refractivity (Wildman–Crippen MR) is 102 cm³/mol. The van der Waals surface area contributed by atoms with Crippen molar-refractivity contribution in [3.8, 4) is 0 Å². The lowest BCUT2D eigenvalue weighted by Crippen LogP contribution is -2.48. The van der Waals surface area contributed by atoms with Crippen molar-refractivity contribution in [2.24, 2.45) is 11.8 Å². The standard InChI is InChI=1S/C17H27N3O3S.ClH/c1-12(2)10-19-24(22,23)15-6-4-14(5-7-15)17(21)20-16-8-9-18-11-13(16)3;/h4-7,12-13,16,18-19H,8-11H2,1-3H3,(H,20,21);1H. The van der Waals surface area contributed by atoms with Crippen LogP contribution >= 0.6 is 12.4 Å². The number of piperidine rings is 1. The van der Waals surface area contributed by atoms with Gasteiger partial charge in [0.1, 0.15) is 0 Å². The van der Waals surface area contributed by atoms with Gasteiger partial charge in [-0.2, -0.15) is 0 Å². The first-order chi connectivity index (χ1) is 11.3. The van der Waals surface area contributed by atoms with Crippen LogP contribution < -0.4 is 15.4 Å². The molecular formula is C17H28ClN3O3S. The lowest BCUT2D eigenvalue weighted by molar-refractivity contribution is 0.0914. The SMILES string of the molecule is CC(C)CNS(=O)(=O)c1ccc(C(=O)NC2CCNCC2C)cc1.Cl. The first-order valence-corrected chi connectivity index (χ1v) is 9.89. The molecule has 3 N–H and O–H groups in total. The first-order valence-electron chi connectivity index (χ1n) is 8.41. The summed E-state index contributed by atoms with van der Waals surface area (Å²) in [5, 5.41) is 6.34. The van der Waals surface area contributed by atoms with Gasteiger partial charge >= 0.3 is 0 Å². The minimum Gasteiger partial charge on any atom is -0.349 e. The third kappa shape index (κ3) is 6.26. The first kappa shape index (κ1) is 21.9. The van der Waals surface area contributed by atoms with Crippen LogP contribution in [0, 0.1) is 11.8 Å². The summed E-state index contributed by atoms with van der Waals surface area (Å²) in [6.45, 7) is 8.17. The number of benzene rings is 1. The minimum absolute atomic E-state index is 0. The van der Waals surface area contributed by atoms with Crippen LogP contribution in [0.4, 0.5) is 0 Å². The molecule has 1 fully saturated rings. The third-order valence-corrected chi connectivity index (χ3v) is 5.65. The molecule has 1 aliphatic rings. The minimum atomic E-state index is -3.52. The Kier molecular flexibility index (Phi) is 8.34. The van der Waals surface area contributed by atoms with Crippen molar-refractivity contribution in [2.75, 3.05) is 19.6 Å². The highest BCUT2D eigenvalue weighted by Crippen LogP contribution is 2.14. The maximum Gasteiger partial charge on any atom is 0.251 e. The molecule has 1 aliphatic heterocycles. The summed E-state index contributed by atoms with van der Waals surface area (Å²) in [7, 11) is -3.52. The lowest BCUT2D eigenvalue weighted by Gasteiger charge is -2.30. The maximum absolute atomic E-state index is 12.3. The molecule has 1 heterocycles. The molecule has 1 saturated heterocycles.